The van der Waals surface area contributed by atoms with Crippen molar-refractivity contribution in [1.29, 1.82) is 0 Å². The monoisotopic (exact) mass is 392 g/mol. The fourth-order valence-electron chi connectivity index (χ4n) is 2.68. The van der Waals surface area contributed by atoms with Gasteiger partial charge in [0.2, 0.25) is 6.79 Å². The number of fused-ring (bicyclic) bond motifs is 1. The van der Waals surface area contributed by atoms with Crippen molar-refractivity contribution < 1.29 is 23.0 Å². The number of halogens is 2. The van der Waals surface area contributed by atoms with Crippen LogP contribution in [0, 0.1) is 6.92 Å². The summed E-state index contributed by atoms with van der Waals surface area (Å²) >= 11 is 0. The van der Waals surface area contributed by atoms with Crippen LogP contribution in [-0.2, 0) is 13.0 Å². The van der Waals surface area contributed by atoms with Crippen molar-refractivity contribution in [3.8, 4) is 17.2 Å². The molecule has 2 aromatic rings. The Bertz CT molecular complexity index is 829. The predicted octanol–water partition coefficient (Wildman–Crippen LogP) is 2.63. The number of aliphatic imine (C=N–C) groups is 1. The molecular formula is C19H22F2N4O3. The first-order valence-electron chi connectivity index (χ1n) is 8.78. The summed E-state index contributed by atoms with van der Waals surface area (Å²) in [7, 11) is 1.64. The summed E-state index contributed by atoms with van der Waals surface area (Å²) in [5.41, 5.74) is 2.59. The smallest absolute Gasteiger partial charge is 0.387 e. The zero-order chi connectivity index (χ0) is 19.9. The van der Waals surface area contributed by atoms with E-state index in [0.29, 0.717) is 29.6 Å². The fourth-order valence-corrected chi connectivity index (χ4v) is 2.68. The number of guanidine groups is 1. The molecule has 0 saturated carbocycles. The summed E-state index contributed by atoms with van der Waals surface area (Å²) in [6.07, 6.45) is 2.62. The molecule has 1 aliphatic rings. The van der Waals surface area contributed by atoms with E-state index in [9.17, 15) is 8.78 Å². The summed E-state index contributed by atoms with van der Waals surface area (Å²) in [5, 5.41) is 6.27. The lowest BCUT2D eigenvalue weighted by Crippen LogP contribution is -2.38. The molecule has 0 unspecified atom stereocenters. The van der Waals surface area contributed by atoms with E-state index in [1.165, 1.54) is 6.07 Å². The van der Waals surface area contributed by atoms with Crippen molar-refractivity contribution in [2.45, 2.75) is 26.5 Å². The molecule has 2 heterocycles. The number of aryl methyl sites for hydroxylation is 1. The van der Waals surface area contributed by atoms with Crippen LogP contribution in [0.25, 0.3) is 0 Å². The van der Waals surface area contributed by atoms with Crippen LogP contribution in [0.2, 0.25) is 0 Å². The van der Waals surface area contributed by atoms with E-state index in [4.69, 9.17) is 9.47 Å². The van der Waals surface area contributed by atoms with Crippen LogP contribution in [0.4, 0.5) is 8.78 Å². The topological polar surface area (TPSA) is 77.0 Å². The van der Waals surface area contributed by atoms with Crippen LogP contribution in [0.3, 0.4) is 0 Å². The number of nitrogens with one attached hydrogen (secondary N) is 2. The SMILES string of the molecule is CN=C(NCCc1ccc(C)nc1)NCc1cc2c(cc1OC(F)F)OCO2. The van der Waals surface area contributed by atoms with Gasteiger partial charge in [-0.2, -0.15) is 8.78 Å². The molecule has 7 nitrogen and oxygen atoms in total. The minimum Gasteiger partial charge on any atom is -0.454 e. The second kappa shape index (κ2) is 9.20. The molecule has 1 aliphatic heterocycles. The van der Waals surface area contributed by atoms with E-state index >= 15 is 0 Å². The first-order valence-corrected chi connectivity index (χ1v) is 8.78. The normalized spacial score (nSPS) is 13.0. The number of benzene rings is 1. The average molecular weight is 392 g/mol. The summed E-state index contributed by atoms with van der Waals surface area (Å²) in [5.74, 6) is 1.45. The van der Waals surface area contributed by atoms with Gasteiger partial charge in [0.05, 0.1) is 0 Å². The second-order valence-corrected chi connectivity index (χ2v) is 6.10. The van der Waals surface area contributed by atoms with Crippen LogP contribution in [0.5, 0.6) is 17.2 Å². The number of ether oxygens (including phenoxy) is 3. The van der Waals surface area contributed by atoms with Crippen LogP contribution in [0.15, 0.2) is 35.5 Å². The third kappa shape index (κ3) is 5.21. The van der Waals surface area contributed by atoms with Gasteiger partial charge in [-0.15, -0.1) is 0 Å². The highest BCUT2D eigenvalue weighted by atomic mass is 19.3. The van der Waals surface area contributed by atoms with Gasteiger partial charge in [-0.25, -0.2) is 0 Å². The van der Waals surface area contributed by atoms with Crippen LogP contribution < -0.4 is 24.8 Å². The zero-order valence-electron chi connectivity index (χ0n) is 15.7. The molecule has 0 saturated heterocycles. The first kappa shape index (κ1) is 19.7. The molecule has 1 aromatic heterocycles. The Kier molecular flexibility index (Phi) is 6.46. The molecule has 150 valence electrons. The number of alkyl halides is 2. The van der Waals surface area contributed by atoms with Crippen molar-refractivity contribution in [1.82, 2.24) is 15.6 Å². The Morgan fingerprint density at radius 3 is 2.71 bits per heavy atom. The molecule has 28 heavy (non-hydrogen) atoms. The molecule has 1 aromatic carbocycles. The molecule has 0 aliphatic carbocycles. The van der Waals surface area contributed by atoms with E-state index in [1.54, 1.807) is 13.1 Å². The molecule has 2 N–H and O–H groups in total. The van der Waals surface area contributed by atoms with Crippen molar-refractivity contribution in [2.24, 2.45) is 4.99 Å². The Labute approximate surface area is 161 Å². The average Bonchev–Trinajstić information content (AvgIpc) is 3.12. The van der Waals surface area contributed by atoms with Crippen LogP contribution >= 0.6 is 0 Å². The van der Waals surface area contributed by atoms with Crippen LogP contribution in [0.1, 0.15) is 16.8 Å². The van der Waals surface area contributed by atoms with Gasteiger partial charge >= 0.3 is 6.61 Å². The Morgan fingerprint density at radius 1 is 1.25 bits per heavy atom. The largest absolute Gasteiger partial charge is 0.454 e. The van der Waals surface area contributed by atoms with Gasteiger partial charge in [0, 0.05) is 43.7 Å². The lowest BCUT2D eigenvalue weighted by Gasteiger charge is -2.15. The summed E-state index contributed by atoms with van der Waals surface area (Å²) < 4.78 is 40.6. The van der Waals surface area contributed by atoms with Crippen LogP contribution in [-0.4, -0.2) is 37.9 Å². The third-order valence-corrected chi connectivity index (χ3v) is 4.12. The number of aromatic nitrogens is 1. The number of pyridine rings is 1. The molecule has 0 amide bonds. The van der Waals surface area contributed by atoms with Crippen molar-refractivity contribution in [2.75, 3.05) is 20.4 Å². The Balaban J connectivity index is 1.57. The molecule has 0 atom stereocenters. The van der Waals surface area contributed by atoms with E-state index in [0.717, 1.165) is 17.7 Å². The Morgan fingerprint density at radius 2 is 2.04 bits per heavy atom. The minimum atomic E-state index is -2.93. The Hall–Kier alpha value is -3.10. The molecule has 0 radical (unpaired) electrons. The summed E-state index contributed by atoms with van der Waals surface area (Å²) in [6.45, 7) is -0.0660. The van der Waals surface area contributed by atoms with E-state index in [2.05, 4.69) is 25.3 Å². The third-order valence-electron chi connectivity index (χ3n) is 4.12. The molecule has 0 fully saturated rings. The number of hydrogen-bond donors (Lipinski definition) is 2. The number of rotatable bonds is 7. The second-order valence-electron chi connectivity index (χ2n) is 6.10. The first-order chi connectivity index (χ1) is 13.5. The zero-order valence-corrected chi connectivity index (χ0v) is 15.7. The highest BCUT2D eigenvalue weighted by Gasteiger charge is 2.20. The molecular weight excluding hydrogens is 370 g/mol. The molecule has 0 bridgehead atoms. The van der Waals surface area contributed by atoms with E-state index < -0.39 is 6.61 Å². The highest BCUT2D eigenvalue weighted by Crippen LogP contribution is 2.38. The van der Waals surface area contributed by atoms with Gasteiger partial charge in [-0.1, -0.05) is 6.07 Å². The maximum atomic E-state index is 12.7. The fraction of sp³-hybridized carbons (Fsp3) is 0.368. The minimum absolute atomic E-state index is 0.0351. The standard InChI is InChI=1S/C19H22F2N4O3/c1-12-3-4-13(9-24-12)5-6-23-19(22-2)25-10-14-7-16-17(27-11-26-16)8-15(14)28-18(20)21/h3-4,7-9,18H,5-6,10-11H2,1-2H3,(H2,22,23,25). The number of nitrogens with zero attached hydrogens (tertiary/aromatic N) is 2. The van der Waals surface area contributed by atoms with Gasteiger partial charge in [0.1, 0.15) is 5.75 Å². The van der Waals surface area contributed by atoms with Crippen molar-refractivity contribution in [3.05, 3.63) is 47.3 Å². The maximum absolute atomic E-state index is 12.7. The summed E-state index contributed by atoms with van der Waals surface area (Å²) in [4.78, 5) is 8.41. The maximum Gasteiger partial charge on any atom is 0.387 e. The van der Waals surface area contributed by atoms with E-state index in [1.807, 2.05) is 25.3 Å². The van der Waals surface area contributed by atoms with Gasteiger partial charge in [-0.05, 0) is 31.0 Å². The lowest BCUT2D eigenvalue weighted by atomic mass is 10.1. The molecule has 0 spiro atoms. The lowest BCUT2D eigenvalue weighted by molar-refractivity contribution is -0.0505. The molecule has 3 rings (SSSR count). The summed E-state index contributed by atoms with van der Waals surface area (Å²) in [6, 6.07) is 7.03. The van der Waals surface area contributed by atoms with Gasteiger partial charge in [0.15, 0.2) is 17.5 Å². The highest BCUT2D eigenvalue weighted by molar-refractivity contribution is 5.79. The van der Waals surface area contributed by atoms with Crippen molar-refractivity contribution >= 4 is 5.96 Å². The quantitative estimate of drug-likeness (QED) is 0.557. The van der Waals surface area contributed by atoms with E-state index in [-0.39, 0.29) is 19.1 Å². The molecule has 9 heteroatoms. The predicted molar refractivity (Wildman–Crippen MR) is 100 cm³/mol. The van der Waals surface area contributed by atoms with Gasteiger partial charge < -0.3 is 24.8 Å². The van der Waals surface area contributed by atoms with Gasteiger partial charge in [0.25, 0.3) is 0 Å². The van der Waals surface area contributed by atoms with Crippen molar-refractivity contribution in [3.63, 3.8) is 0 Å². The number of hydrogen-bond acceptors (Lipinski definition) is 5. The van der Waals surface area contributed by atoms with Gasteiger partial charge in [-0.3, -0.25) is 9.98 Å².